The van der Waals surface area contributed by atoms with E-state index in [0.717, 1.165) is 0 Å². The Bertz CT molecular complexity index is 4100. The van der Waals surface area contributed by atoms with Crippen molar-refractivity contribution in [2.75, 3.05) is 59.6 Å². The molecule has 576 valence electrons. The summed E-state index contributed by atoms with van der Waals surface area (Å²) in [5.74, 6) is -3.76. The zero-order valence-electron chi connectivity index (χ0n) is 57.4. The fraction of sp³-hybridized carbons (Fsp3) is 0.476. The van der Waals surface area contributed by atoms with E-state index in [2.05, 4.69) is 15.0 Å². The molecule has 0 amide bonds. The Kier molecular flexibility index (Phi) is 29.8. The minimum absolute atomic E-state index is 0.0276. The first-order valence-corrected chi connectivity index (χ1v) is 39.0. The van der Waals surface area contributed by atoms with Crippen molar-refractivity contribution in [2.24, 2.45) is 17.8 Å². The number of nitrogens with one attached hydrogen (secondary N) is 3. The molecule has 0 radical (unpaired) electrons. The van der Waals surface area contributed by atoms with Crippen LogP contribution in [0.5, 0.6) is 17.2 Å². The van der Waals surface area contributed by atoms with Crippen LogP contribution < -0.4 is 30.2 Å². The van der Waals surface area contributed by atoms with Crippen molar-refractivity contribution in [3.05, 3.63) is 170 Å². The highest BCUT2D eigenvalue weighted by molar-refractivity contribution is 7.71. The lowest BCUT2D eigenvalue weighted by Crippen LogP contribution is -2.44. The van der Waals surface area contributed by atoms with Gasteiger partial charge in [0.1, 0.15) is 70.7 Å². The van der Waals surface area contributed by atoms with E-state index in [1.807, 2.05) is 0 Å². The summed E-state index contributed by atoms with van der Waals surface area (Å²) >= 11 is 33.1. The van der Waals surface area contributed by atoms with Gasteiger partial charge in [0.25, 0.3) is 16.7 Å². The molecular formula is C63H78Cl3N6O27P3S3. The molecular weight excluding hydrogens is 1570 g/mol. The summed E-state index contributed by atoms with van der Waals surface area (Å²) in [6.07, 6.45) is -8.45. The molecule has 3 saturated heterocycles. The number of hydrogen-bond donors (Lipinski definition) is 9. The van der Waals surface area contributed by atoms with Crippen LogP contribution in [0.1, 0.15) is 60.2 Å². The molecule has 6 heterocycles. The van der Waals surface area contributed by atoms with Gasteiger partial charge in [-0.1, -0.05) is 55.6 Å². The number of aromatic amines is 3. The standard InChI is InChI=1S/3C21H26ClN2O9PS/c3*1-12(18(27)30-3)11-34(29,33-14-6-4-13(22)5-7-14)31-10-15-17(26)21(2,28)19(32-15)24-9-8-16(25)23-20(24)35/h3*4-9,12,15,17,19,26,28H,10-11H2,1-3H3,(H,23,25,35)/t12-,15-,17+,19-,21?,34?;12-,15-,17+,19-,21?,34+;12-,15-,17+,19-,21?,34-/m111/s1. The van der Waals surface area contributed by atoms with Crippen molar-refractivity contribution in [1.29, 1.82) is 0 Å². The summed E-state index contributed by atoms with van der Waals surface area (Å²) in [5.41, 5.74) is -6.85. The third-order valence-corrected chi connectivity index (χ3v) is 24.1. The first-order valence-electron chi connectivity index (χ1n) is 31.5. The molecule has 3 aromatic carbocycles. The molecule has 105 heavy (non-hydrogen) atoms. The summed E-state index contributed by atoms with van der Waals surface area (Å²) < 4.78 is 110. The number of benzene rings is 3. The number of aliphatic hydroxyl groups is 6. The normalized spacial score (nSPS) is 26.6. The van der Waals surface area contributed by atoms with Crippen molar-refractivity contribution >= 4 is 112 Å². The fourth-order valence-corrected chi connectivity index (χ4v) is 17.4. The molecule has 18 atom stereocenters. The summed E-state index contributed by atoms with van der Waals surface area (Å²) in [4.78, 5) is 77.5. The van der Waals surface area contributed by atoms with Gasteiger partial charge < -0.3 is 72.6 Å². The molecule has 33 nitrogen and oxygen atoms in total. The number of methoxy groups -OCH3 is 3. The van der Waals surface area contributed by atoms with Gasteiger partial charge in [0.05, 0.1) is 77.4 Å². The molecule has 9 N–H and O–H groups in total. The van der Waals surface area contributed by atoms with E-state index < -0.39 is 167 Å². The van der Waals surface area contributed by atoms with E-state index in [4.69, 9.17) is 127 Å². The average Bonchev–Trinajstić information content (AvgIpc) is 1.63. The van der Waals surface area contributed by atoms with Crippen LogP contribution in [0, 0.1) is 32.1 Å². The van der Waals surface area contributed by atoms with Crippen LogP contribution in [0.3, 0.4) is 0 Å². The number of aromatic nitrogens is 6. The maximum absolute atomic E-state index is 13.6. The summed E-state index contributed by atoms with van der Waals surface area (Å²) in [5, 5.41) is 66.2. The van der Waals surface area contributed by atoms with E-state index in [1.54, 1.807) is 0 Å². The average molecular weight is 1650 g/mol. The highest BCUT2D eigenvalue weighted by Crippen LogP contribution is 2.54. The van der Waals surface area contributed by atoms with Crippen LogP contribution >= 0.6 is 94.2 Å². The Morgan fingerprint density at radius 1 is 0.457 bits per heavy atom. The van der Waals surface area contributed by atoms with E-state index in [1.165, 1.54) is 186 Å². The number of H-pyrrole nitrogens is 3. The number of carbonyl (C=O) groups is 3. The van der Waals surface area contributed by atoms with Crippen molar-refractivity contribution in [3.8, 4) is 17.2 Å². The number of carbonyl (C=O) groups excluding carboxylic acids is 3. The Morgan fingerprint density at radius 3 is 0.876 bits per heavy atom. The van der Waals surface area contributed by atoms with Crippen molar-refractivity contribution < 1.29 is 114 Å². The van der Waals surface area contributed by atoms with Crippen molar-refractivity contribution in [3.63, 3.8) is 0 Å². The third kappa shape index (κ3) is 22.3. The lowest BCUT2D eigenvalue weighted by atomic mass is 9.96. The Balaban J connectivity index is 0.000000220. The van der Waals surface area contributed by atoms with E-state index in [9.17, 15) is 73.1 Å². The smallest absolute Gasteiger partial charge is 0.380 e. The predicted octanol–water partition coefficient (Wildman–Crippen LogP) is 8.00. The summed E-state index contributed by atoms with van der Waals surface area (Å²) in [6, 6.07) is 21.7. The molecule has 0 aliphatic carbocycles. The second-order valence-corrected chi connectivity index (χ2v) is 33.4. The van der Waals surface area contributed by atoms with Gasteiger partial charge in [0, 0.05) is 51.9 Å². The first-order chi connectivity index (χ1) is 49.1. The molecule has 3 aliphatic rings. The summed E-state index contributed by atoms with van der Waals surface area (Å²) in [6.45, 7) is 7.15. The zero-order valence-corrected chi connectivity index (χ0v) is 64.8. The van der Waals surface area contributed by atoms with Gasteiger partial charge in [0.15, 0.2) is 33.0 Å². The number of hydrogen-bond acceptors (Lipinski definition) is 30. The van der Waals surface area contributed by atoms with Crippen LogP contribution in [0.4, 0.5) is 0 Å². The maximum atomic E-state index is 13.6. The SMILES string of the molecule is COC(=O)[C@H](C)CP(=O)(OC[C@H]1O[C@@H](n2ccc(=O)[nH]c2=S)C(C)(O)[C@H]1O)Oc1ccc(Cl)cc1.COC(=O)[C@H](C)C[P@@](=O)(OC[C@H]1O[C@@H](n2ccc(=O)[nH]c2=S)C(C)(O)[C@H]1O)Oc1ccc(Cl)cc1.COC(=O)[C@H](C)C[P@](=O)(OC[C@H]1O[C@@H](n2ccc(=O)[nH]c2=S)C(C)(O)[C@H]1O)Oc1ccc(Cl)cc1. The highest BCUT2D eigenvalue weighted by Gasteiger charge is 2.57. The largest absolute Gasteiger partial charge is 0.469 e. The summed E-state index contributed by atoms with van der Waals surface area (Å²) in [7, 11) is -8.38. The quantitative estimate of drug-likeness (QED) is 0.0102. The molecule has 0 spiro atoms. The highest BCUT2D eigenvalue weighted by atomic mass is 35.5. The number of ether oxygens (including phenoxy) is 6. The van der Waals surface area contributed by atoms with E-state index in [0.29, 0.717) is 15.1 Å². The topological polar surface area (TPSA) is 448 Å². The Morgan fingerprint density at radius 2 is 0.676 bits per heavy atom. The first kappa shape index (κ1) is 86.1. The lowest BCUT2D eigenvalue weighted by Gasteiger charge is -2.28. The van der Waals surface area contributed by atoms with Gasteiger partial charge in [-0.25, -0.2) is 13.7 Å². The third-order valence-electron chi connectivity index (χ3n) is 16.4. The van der Waals surface area contributed by atoms with Crippen LogP contribution in [0.2, 0.25) is 15.1 Å². The van der Waals surface area contributed by atoms with Gasteiger partial charge in [-0.05, 0) is 130 Å². The van der Waals surface area contributed by atoms with Crippen LogP contribution in [-0.4, -0.2) is 190 Å². The monoisotopic (exact) mass is 1640 g/mol. The van der Waals surface area contributed by atoms with Gasteiger partial charge in [-0.15, -0.1) is 0 Å². The minimum atomic E-state index is -4.00. The second-order valence-electron chi connectivity index (χ2n) is 24.8. The van der Waals surface area contributed by atoms with Crippen LogP contribution in [0.25, 0.3) is 0 Å². The molecule has 0 saturated carbocycles. The Labute approximate surface area is 629 Å². The van der Waals surface area contributed by atoms with Gasteiger partial charge in [0.2, 0.25) is 0 Å². The van der Waals surface area contributed by atoms with Gasteiger partial charge in [-0.2, -0.15) is 0 Å². The fourth-order valence-electron chi connectivity index (χ4n) is 10.7. The molecule has 4 unspecified atom stereocenters. The van der Waals surface area contributed by atoms with Crippen molar-refractivity contribution in [1.82, 2.24) is 28.7 Å². The molecule has 3 fully saturated rings. The Hall–Kier alpha value is -6.15. The lowest BCUT2D eigenvalue weighted by molar-refractivity contribution is -0.145. The number of aliphatic hydroxyl groups excluding tert-OH is 3. The minimum Gasteiger partial charge on any atom is -0.469 e. The van der Waals surface area contributed by atoms with Gasteiger partial charge >= 0.3 is 40.7 Å². The van der Waals surface area contributed by atoms with Gasteiger partial charge in [-0.3, -0.25) is 71.0 Å². The second kappa shape index (κ2) is 36.4. The molecule has 0 bridgehead atoms. The molecule has 6 aromatic rings. The molecule has 42 heteroatoms. The molecule has 3 aliphatic heterocycles. The van der Waals surface area contributed by atoms with E-state index in [-0.39, 0.29) is 50.0 Å². The number of halogens is 3. The number of rotatable bonds is 27. The molecule has 9 rings (SSSR count). The van der Waals surface area contributed by atoms with E-state index >= 15 is 0 Å². The van der Waals surface area contributed by atoms with Crippen LogP contribution in [0.15, 0.2) is 124 Å². The predicted molar refractivity (Wildman–Crippen MR) is 384 cm³/mol. The number of esters is 3. The number of nitrogens with zero attached hydrogens (tertiary/aromatic N) is 3. The van der Waals surface area contributed by atoms with Crippen molar-refractivity contribution in [2.45, 2.75) is 114 Å². The zero-order chi connectivity index (χ0) is 77.9. The molecule has 3 aromatic heterocycles. The van der Waals surface area contributed by atoms with Crippen LogP contribution in [-0.2, 0) is 70.1 Å². The maximum Gasteiger partial charge on any atom is 0.380 e.